The molecule has 1 saturated carbocycles. The van der Waals surface area contributed by atoms with Crippen molar-refractivity contribution in [3.63, 3.8) is 0 Å². The zero-order chi connectivity index (χ0) is 12.7. The van der Waals surface area contributed by atoms with Crippen molar-refractivity contribution in [2.45, 2.75) is 50.5 Å². The SMILES string of the molecule is C1=C[C@H]2c3ccccc3N[C@@H](C3CCCCC3)[C@H]2C1. The maximum absolute atomic E-state index is 3.90. The normalized spacial score (nSPS) is 33.6. The molecule has 0 amide bonds. The molecule has 0 saturated heterocycles. The molecule has 0 radical (unpaired) electrons. The van der Waals surface area contributed by atoms with Gasteiger partial charge in [-0.1, -0.05) is 49.6 Å². The Labute approximate surface area is 116 Å². The molecule has 0 spiro atoms. The summed E-state index contributed by atoms with van der Waals surface area (Å²) in [6, 6.07) is 9.64. The number of allylic oxidation sites excluding steroid dienone is 2. The molecule has 1 aliphatic heterocycles. The van der Waals surface area contributed by atoms with E-state index >= 15 is 0 Å². The molecule has 0 aromatic heterocycles. The Morgan fingerprint density at radius 3 is 2.74 bits per heavy atom. The average Bonchev–Trinajstić information content (AvgIpc) is 2.97. The molecule has 100 valence electrons. The lowest BCUT2D eigenvalue weighted by atomic mass is 9.71. The highest BCUT2D eigenvalue weighted by Crippen LogP contribution is 2.47. The number of nitrogens with one attached hydrogen (secondary N) is 1. The summed E-state index contributed by atoms with van der Waals surface area (Å²) in [5.41, 5.74) is 2.92. The highest BCUT2D eigenvalue weighted by molar-refractivity contribution is 5.58. The van der Waals surface area contributed by atoms with E-state index < -0.39 is 0 Å². The van der Waals surface area contributed by atoms with Crippen LogP contribution in [0.15, 0.2) is 36.4 Å². The van der Waals surface area contributed by atoms with Gasteiger partial charge >= 0.3 is 0 Å². The van der Waals surface area contributed by atoms with Crippen LogP contribution in [0.3, 0.4) is 0 Å². The summed E-state index contributed by atoms with van der Waals surface area (Å²) in [4.78, 5) is 0. The summed E-state index contributed by atoms with van der Waals surface area (Å²) in [5.74, 6) is 2.37. The van der Waals surface area contributed by atoms with Gasteiger partial charge in [-0.3, -0.25) is 0 Å². The van der Waals surface area contributed by atoms with Crippen molar-refractivity contribution in [2.75, 3.05) is 5.32 Å². The predicted molar refractivity (Wildman–Crippen MR) is 80.4 cm³/mol. The molecule has 1 heterocycles. The topological polar surface area (TPSA) is 12.0 Å². The number of rotatable bonds is 1. The number of para-hydroxylation sites is 1. The minimum absolute atomic E-state index is 0.671. The maximum atomic E-state index is 3.90. The Morgan fingerprint density at radius 2 is 1.84 bits per heavy atom. The first-order valence-corrected chi connectivity index (χ1v) is 7.95. The number of benzene rings is 1. The van der Waals surface area contributed by atoms with Crippen molar-refractivity contribution in [3.05, 3.63) is 42.0 Å². The third-order valence-electron chi connectivity index (χ3n) is 5.47. The first-order valence-electron chi connectivity index (χ1n) is 7.95. The van der Waals surface area contributed by atoms with E-state index in [9.17, 15) is 0 Å². The number of anilines is 1. The van der Waals surface area contributed by atoms with Crippen LogP contribution in [-0.4, -0.2) is 6.04 Å². The largest absolute Gasteiger partial charge is 0.381 e. The van der Waals surface area contributed by atoms with Gasteiger partial charge in [0.15, 0.2) is 0 Å². The van der Waals surface area contributed by atoms with Crippen molar-refractivity contribution in [3.8, 4) is 0 Å². The van der Waals surface area contributed by atoms with Crippen LogP contribution in [-0.2, 0) is 0 Å². The van der Waals surface area contributed by atoms with Gasteiger partial charge in [0.1, 0.15) is 0 Å². The molecular weight excluding hydrogens is 230 g/mol. The lowest BCUT2D eigenvalue weighted by Gasteiger charge is -2.42. The van der Waals surface area contributed by atoms with Crippen molar-refractivity contribution >= 4 is 5.69 Å². The molecular formula is C18H23N. The molecule has 1 aromatic rings. The van der Waals surface area contributed by atoms with Gasteiger partial charge in [-0.05, 0) is 42.7 Å². The summed E-state index contributed by atoms with van der Waals surface area (Å²) in [5, 5.41) is 3.90. The Kier molecular flexibility index (Phi) is 2.86. The van der Waals surface area contributed by atoms with E-state index in [1.807, 2.05) is 0 Å². The third kappa shape index (κ3) is 1.91. The fraction of sp³-hybridized carbons (Fsp3) is 0.556. The monoisotopic (exact) mass is 253 g/mol. The number of hydrogen-bond acceptors (Lipinski definition) is 1. The van der Waals surface area contributed by atoms with Crippen LogP contribution >= 0.6 is 0 Å². The molecule has 1 heteroatoms. The molecule has 3 aliphatic rings. The van der Waals surface area contributed by atoms with Gasteiger partial charge < -0.3 is 5.32 Å². The highest BCUT2D eigenvalue weighted by Gasteiger charge is 2.40. The fourth-order valence-corrected chi connectivity index (χ4v) is 4.54. The van der Waals surface area contributed by atoms with Gasteiger partial charge in [0.05, 0.1) is 0 Å². The smallest absolute Gasteiger partial charge is 0.0381 e. The molecule has 1 fully saturated rings. The van der Waals surface area contributed by atoms with Crippen LogP contribution in [0.25, 0.3) is 0 Å². The van der Waals surface area contributed by atoms with Crippen molar-refractivity contribution in [1.29, 1.82) is 0 Å². The van der Waals surface area contributed by atoms with E-state index in [4.69, 9.17) is 0 Å². The summed E-state index contributed by atoms with van der Waals surface area (Å²) >= 11 is 0. The van der Waals surface area contributed by atoms with Crippen molar-refractivity contribution in [1.82, 2.24) is 0 Å². The Bertz CT molecular complexity index is 484. The Balaban J connectivity index is 1.67. The standard InChI is InChI=1S/C18H23N/c1-2-7-13(8-3-1)18-16-11-6-10-14(16)15-9-4-5-12-17(15)19-18/h4-6,9-10,12-14,16,18-19H,1-3,7-8,11H2/t14-,16-,18-/m0/s1. The van der Waals surface area contributed by atoms with E-state index in [1.165, 1.54) is 49.8 Å². The molecule has 1 aromatic carbocycles. The highest BCUT2D eigenvalue weighted by atomic mass is 15.0. The van der Waals surface area contributed by atoms with Gasteiger partial charge in [0.25, 0.3) is 0 Å². The van der Waals surface area contributed by atoms with E-state index in [0.29, 0.717) is 12.0 Å². The van der Waals surface area contributed by atoms with E-state index in [0.717, 1.165) is 11.8 Å². The summed E-state index contributed by atoms with van der Waals surface area (Å²) in [6.07, 6.45) is 13.3. The van der Waals surface area contributed by atoms with E-state index in [1.54, 1.807) is 0 Å². The molecule has 3 atom stereocenters. The van der Waals surface area contributed by atoms with Crippen LogP contribution in [0.2, 0.25) is 0 Å². The third-order valence-corrected chi connectivity index (χ3v) is 5.47. The minimum Gasteiger partial charge on any atom is -0.381 e. The van der Waals surface area contributed by atoms with Gasteiger partial charge in [0, 0.05) is 17.6 Å². The van der Waals surface area contributed by atoms with Gasteiger partial charge in [-0.25, -0.2) is 0 Å². The Hall–Kier alpha value is -1.24. The lowest BCUT2D eigenvalue weighted by molar-refractivity contribution is 0.248. The second kappa shape index (κ2) is 4.70. The van der Waals surface area contributed by atoms with Crippen LogP contribution in [0.4, 0.5) is 5.69 Å². The van der Waals surface area contributed by atoms with Gasteiger partial charge in [-0.2, -0.15) is 0 Å². The van der Waals surface area contributed by atoms with Crippen molar-refractivity contribution in [2.24, 2.45) is 11.8 Å². The number of hydrogen-bond donors (Lipinski definition) is 1. The van der Waals surface area contributed by atoms with Gasteiger partial charge in [-0.15, -0.1) is 0 Å². The summed E-state index contributed by atoms with van der Waals surface area (Å²) in [6.45, 7) is 0. The zero-order valence-corrected chi connectivity index (χ0v) is 11.5. The van der Waals surface area contributed by atoms with E-state index in [2.05, 4.69) is 41.7 Å². The van der Waals surface area contributed by atoms with Crippen LogP contribution in [0.5, 0.6) is 0 Å². The van der Waals surface area contributed by atoms with E-state index in [-0.39, 0.29) is 0 Å². The maximum Gasteiger partial charge on any atom is 0.0381 e. The predicted octanol–water partition coefficient (Wildman–Crippen LogP) is 4.72. The summed E-state index contributed by atoms with van der Waals surface area (Å²) < 4.78 is 0. The average molecular weight is 253 g/mol. The lowest BCUT2D eigenvalue weighted by Crippen LogP contribution is -2.42. The molecule has 0 bridgehead atoms. The first kappa shape index (κ1) is 11.6. The van der Waals surface area contributed by atoms with Crippen LogP contribution < -0.4 is 5.32 Å². The zero-order valence-electron chi connectivity index (χ0n) is 11.5. The molecule has 0 unspecified atom stereocenters. The molecule has 1 N–H and O–H groups in total. The van der Waals surface area contributed by atoms with Crippen LogP contribution in [0.1, 0.15) is 50.0 Å². The first-order chi connectivity index (χ1) is 9.43. The van der Waals surface area contributed by atoms with Crippen molar-refractivity contribution < 1.29 is 0 Å². The fourth-order valence-electron chi connectivity index (χ4n) is 4.54. The minimum atomic E-state index is 0.671. The van der Waals surface area contributed by atoms with Gasteiger partial charge in [0.2, 0.25) is 0 Å². The quantitative estimate of drug-likeness (QED) is 0.714. The molecule has 1 nitrogen and oxygen atoms in total. The summed E-state index contributed by atoms with van der Waals surface area (Å²) in [7, 11) is 0. The molecule has 19 heavy (non-hydrogen) atoms. The van der Waals surface area contributed by atoms with Crippen LogP contribution in [0, 0.1) is 11.8 Å². The Morgan fingerprint density at radius 1 is 1.00 bits per heavy atom. The molecule has 2 aliphatic carbocycles. The second-order valence-corrected chi connectivity index (χ2v) is 6.51. The number of fused-ring (bicyclic) bond motifs is 3. The molecule has 4 rings (SSSR count). The second-order valence-electron chi connectivity index (χ2n) is 6.51.